The van der Waals surface area contributed by atoms with Gasteiger partial charge in [-0.2, -0.15) is 0 Å². The number of nitrogens with one attached hydrogen (secondary N) is 1. The lowest BCUT2D eigenvalue weighted by atomic mass is 10.2. The predicted octanol–water partition coefficient (Wildman–Crippen LogP) is 3.25. The van der Waals surface area contributed by atoms with Crippen molar-refractivity contribution in [2.75, 3.05) is 6.54 Å². The van der Waals surface area contributed by atoms with Gasteiger partial charge < -0.3 is 15.0 Å². The van der Waals surface area contributed by atoms with Gasteiger partial charge in [-0.3, -0.25) is 0 Å². The van der Waals surface area contributed by atoms with E-state index < -0.39 is 0 Å². The van der Waals surface area contributed by atoms with Gasteiger partial charge in [-0.15, -0.1) is 10.2 Å². The van der Waals surface area contributed by atoms with Gasteiger partial charge in [0.1, 0.15) is 0 Å². The van der Waals surface area contributed by atoms with Crippen LogP contribution in [0.5, 0.6) is 5.88 Å². The Hall–Kier alpha value is -1.95. The molecular formula is C13H16N4OS. The molecule has 5 nitrogen and oxygen atoms in total. The highest BCUT2D eigenvalue weighted by Gasteiger charge is 2.13. The monoisotopic (exact) mass is 276 g/mol. The van der Waals surface area contributed by atoms with Gasteiger partial charge in [0, 0.05) is 19.0 Å². The lowest BCUT2D eigenvalue weighted by molar-refractivity contribution is 0.436. The van der Waals surface area contributed by atoms with Crippen LogP contribution in [0.2, 0.25) is 0 Å². The standard InChI is InChI=1S/C13H16N4OS/c1-3-8-14-13(19)16-15-11-9-6-4-5-7-10(9)17(2)12(11)18/h4-7,18H,3,8H2,1-2H3,(H,14,19). The third-order valence-electron chi connectivity index (χ3n) is 2.82. The van der Waals surface area contributed by atoms with Gasteiger partial charge in [0.25, 0.3) is 0 Å². The third kappa shape index (κ3) is 2.73. The summed E-state index contributed by atoms with van der Waals surface area (Å²) in [5.74, 6) is 0.0863. The number of nitrogens with zero attached hydrogens (tertiary/aromatic N) is 3. The van der Waals surface area contributed by atoms with E-state index in [4.69, 9.17) is 12.2 Å². The van der Waals surface area contributed by atoms with Crippen molar-refractivity contribution in [3.8, 4) is 5.88 Å². The third-order valence-corrected chi connectivity index (χ3v) is 3.04. The topological polar surface area (TPSA) is 61.9 Å². The van der Waals surface area contributed by atoms with Crippen LogP contribution in [0, 0.1) is 0 Å². The number of aromatic nitrogens is 1. The van der Waals surface area contributed by atoms with Crippen LogP contribution in [-0.2, 0) is 7.05 Å². The van der Waals surface area contributed by atoms with Crippen molar-refractivity contribution in [2.45, 2.75) is 13.3 Å². The van der Waals surface area contributed by atoms with Crippen LogP contribution in [0.15, 0.2) is 34.5 Å². The molecule has 1 heterocycles. The highest BCUT2D eigenvalue weighted by Crippen LogP contribution is 2.37. The molecule has 0 radical (unpaired) electrons. The lowest BCUT2D eigenvalue weighted by Crippen LogP contribution is -2.19. The first kappa shape index (κ1) is 13.5. The fourth-order valence-corrected chi connectivity index (χ4v) is 1.96. The maximum atomic E-state index is 10.1. The Kier molecular flexibility index (Phi) is 4.11. The molecule has 1 aromatic heterocycles. The normalized spacial score (nSPS) is 11.3. The molecule has 2 rings (SSSR count). The molecule has 0 aliphatic heterocycles. The minimum absolute atomic E-state index is 0.0863. The van der Waals surface area contributed by atoms with Crippen molar-refractivity contribution >= 4 is 33.9 Å². The number of para-hydroxylation sites is 1. The molecule has 0 fully saturated rings. The zero-order valence-electron chi connectivity index (χ0n) is 10.9. The van der Waals surface area contributed by atoms with Crippen LogP contribution < -0.4 is 5.32 Å². The van der Waals surface area contributed by atoms with E-state index in [0.29, 0.717) is 10.8 Å². The van der Waals surface area contributed by atoms with Gasteiger partial charge in [-0.05, 0) is 24.7 Å². The van der Waals surface area contributed by atoms with E-state index in [1.807, 2.05) is 31.2 Å². The summed E-state index contributed by atoms with van der Waals surface area (Å²) in [4.78, 5) is 0. The molecular weight excluding hydrogens is 260 g/mol. The summed E-state index contributed by atoms with van der Waals surface area (Å²) in [6.07, 6.45) is 0.967. The first-order valence-electron chi connectivity index (χ1n) is 6.11. The van der Waals surface area contributed by atoms with Crippen molar-refractivity contribution in [2.24, 2.45) is 17.3 Å². The second-order valence-electron chi connectivity index (χ2n) is 4.18. The van der Waals surface area contributed by atoms with Gasteiger partial charge in [-0.1, -0.05) is 25.1 Å². The molecule has 0 bridgehead atoms. The van der Waals surface area contributed by atoms with Gasteiger partial charge >= 0.3 is 0 Å². The summed E-state index contributed by atoms with van der Waals surface area (Å²) in [6.45, 7) is 2.81. The number of fused-ring (bicyclic) bond motifs is 1. The second-order valence-corrected chi connectivity index (χ2v) is 4.57. The molecule has 0 aliphatic rings. The SMILES string of the molecule is CCCNC(=S)N=Nc1c(O)n(C)c2ccccc12. The van der Waals surface area contributed by atoms with Crippen LogP contribution >= 0.6 is 12.2 Å². The minimum atomic E-state index is 0.0863. The van der Waals surface area contributed by atoms with E-state index in [1.54, 1.807) is 11.6 Å². The highest BCUT2D eigenvalue weighted by molar-refractivity contribution is 7.80. The Morgan fingerprint density at radius 1 is 1.42 bits per heavy atom. The van der Waals surface area contributed by atoms with E-state index in [1.165, 1.54) is 0 Å². The molecule has 0 spiro atoms. The minimum Gasteiger partial charge on any atom is -0.493 e. The van der Waals surface area contributed by atoms with Crippen molar-refractivity contribution in [1.82, 2.24) is 9.88 Å². The first-order valence-corrected chi connectivity index (χ1v) is 6.52. The van der Waals surface area contributed by atoms with Crippen LogP contribution in [0.3, 0.4) is 0 Å². The molecule has 0 aliphatic carbocycles. The van der Waals surface area contributed by atoms with E-state index in [2.05, 4.69) is 15.5 Å². The summed E-state index contributed by atoms with van der Waals surface area (Å²) in [5.41, 5.74) is 1.35. The summed E-state index contributed by atoms with van der Waals surface area (Å²) in [5, 5.41) is 22.2. The number of hydrogen-bond donors (Lipinski definition) is 2. The van der Waals surface area contributed by atoms with Gasteiger partial charge in [0.2, 0.25) is 11.0 Å². The van der Waals surface area contributed by atoms with Crippen molar-refractivity contribution in [1.29, 1.82) is 0 Å². The molecule has 1 aromatic carbocycles. The second kappa shape index (κ2) is 5.79. The molecule has 19 heavy (non-hydrogen) atoms. The Morgan fingerprint density at radius 3 is 2.89 bits per heavy atom. The molecule has 0 saturated heterocycles. The quantitative estimate of drug-likeness (QED) is 0.668. The molecule has 0 unspecified atom stereocenters. The van der Waals surface area contributed by atoms with Crippen molar-refractivity contribution in [3.63, 3.8) is 0 Å². The molecule has 6 heteroatoms. The maximum Gasteiger partial charge on any atom is 0.220 e. The number of hydrogen-bond acceptors (Lipinski definition) is 3. The first-order chi connectivity index (χ1) is 9.15. The van der Waals surface area contributed by atoms with E-state index >= 15 is 0 Å². The summed E-state index contributed by atoms with van der Waals surface area (Å²) in [7, 11) is 1.78. The zero-order chi connectivity index (χ0) is 13.8. The number of azo groups is 1. The summed E-state index contributed by atoms with van der Waals surface area (Å²) in [6, 6.07) is 7.62. The van der Waals surface area contributed by atoms with Gasteiger partial charge in [0.05, 0.1) is 5.52 Å². The Labute approximate surface area is 117 Å². The molecule has 0 amide bonds. The molecule has 0 saturated carbocycles. The van der Waals surface area contributed by atoms with E-state index in [0.717, 1.165) is 23.9 Å². The Morgan fingerprint density at radius 2 is 2.16 bits per heavy atom. The molecule has 2 aromatic rings. The average molecular weight is 276 g/mol. The fraction of sp³-hybridized carbons (Fsp3) is 0.308. The number of rotatable bonds is 3. The number of benzene rings is 1. The Balaban J connectivity index is 2.33. The predicted molar refractivity (Wildman–Crippen MR) is 80.0 cm³/mol. The van der Waals surface area contributed by atoms with E-state index in [-0.39, 0.29) is 5.88 Å². The summed E-state index contributed by atoms with van der Waals surface area (Å²) >= 11 is 5.03. The van der Waals surface area contributed by atoms with Crippen LogP contribution in [0.1, 0.15) is 13.3 Å². The molecule has 2 N–H and O–H groups in total. The lowest BCUT2D eigenvalue weighted by Gasteiger charge is -1.98. The highest BCUT2D eigenvalue weighted by atomic mass is 32.1. The number of aromatic hydroxyl groups is 1. The van der Waals surface area contributed by atoms with Gasteiger partial charge in [-0.25, -0.2) is 0 Å². The fourth-order valence-electron chi connectivity index (χ4n) is 1.82. The number of thiocarbonyl (C=S) groups is 1. The van der Waals surface area contributed by atoms with Crippen LogP contribution in [0.4, 0.5) is 5.69 Å². The van der Waals surface area contributed by atoms with E-state index in [9.17, 15) is 5.11 Å². The largest absolute Gasteiger partial charge is 0.493 e. The summed E-state index contributed by atoms with van der Waals surface area (Å²) < 4.78 is 1.67. The maximum absolute atomic E-state index is 10.1. The zero-order valence-corrected chi connectivity index (χ0v) is 11.7. The van der Waals surface area contributed by atoms with Gasteiger partial charge in [0.15, 0.2) is 5.69 Å². The molecule has 0 atom stereocenters. The van der Waals surface area contributed by atoms with Crippen LogP contribution in [-0.4, -0.2) is 21.3 Å². The number of aryl methyl sites for hydroxylation is 1. The van der Waals surface area contributed by atoms with Crippen molar-refractivity contribution < 1.29 is 5.11 Å². The smallest absolute Gasteiger partial charge is 0.220 e. The van der Waals surface area contributed by atoms with Crippen molar-refractivity contribution in [3.05, 3.63) is 24.3 Å². The molecule has 100 valence electrons. The Bertz CT molecular complexity index is 633. The van der Waals surface area contributed by atoms with Crippen LogP contribution in [0.25, 0.3) is 10.9 Å². The average Bonchev–Trinajstić information content (AvgIpc) is 2.67.